The largest absolute Gasteiger partial charge is 0.492 e. The predicted molar refractivity (Wildman–Crippen MR) is 154 cm³/mol. The molecule has 41 heavy (non-hydrogen) atoms. The Hall–Kier alpha value is -3.62. The molecule has 1 spiro atoms. The smallest absolute Gasteiger partial charge is 0.314 e. The normalized spacial score (nSPS) is 21.7. The molecule has 2 aliphatic rings. The van der Waals surface area contributed by atoms with Gasteiger partial charge in [-0.2, -0.15) is 0 Å². The molecule has 3 aromatic rings. The molecule has 214 valence electrons. The molecule has 7 nitrogen and oxygen atoms in total. The van der Waals surface area contributed by atoms with Crippen LogP contribution >= 0.6 is 23.2 Å². The number of hydrogen-bond acceptors (Lipinski definition) is 5. The molecule has 0 saturated carbocycles. The van der Waals surface area contributed by atoms with Crippen molar-refractivity contribution in [2.75, 3.05) is 19.0 Å². The fourth-order valence-corrected chi connectivity index (χ4v) is 6.31. The number of esters is 1. The number of ether oxygens (including phenoxy) is 2. The molecule has 0 bridgehead atoms. The van der Waals surface area contributed by atoms with Crippen LogP contribution in [0.5, 0.6) is 5.75 Å². The second kappa shape index (κ2) is 10.7. The maximum Gasteiger partial charge on any atom is 0.314 e. The van der Waals surface area contributed by atoms with Gasteiger partial charge >= 0.3 is 5.97 Å². The topological polar surface area (TPSA) is 93.7 Å². The highest BCUT2D eigenvalue weighted by atomic mass is 35.5. The Bertz CT molecular complexity index is 1580. The zero-order chi connectivity index (χ0) is 29.7. The Morgan fingerprint density at radius 2 is 1.76 bits per heavy atom. The van der Waals surface area contributed by atoms with Gasteiger partial charge in [-0.3, -0.25) is 14.4 Å². The molecule has 2 heterocycles. The molecule has 1 saturated heterocycles. The van der Waals surface area contributed by atoms with E-state index in [0.717, 1.165) is 0 Å². The van der Waals surface area contributed by atoms with Gasteiger partial charge in [-0.05, 0) is 79.9 Å². The maximum atomic E-state index is 14.7. The first kappa shape index (κ1) is 28.9. The zero-order valence-corrected chi connectivity index (χ0v) is 24.5. The van der Waals surface area contributed by atoms with Gasteiger partial charge in [-0.1, -0.05) is 35.3 Å². The van der Waals surface area contributed by atoms with Crippen LogP contribution in [0, 0.1) is 18.2 Å². The molecule has 5 rings (SSSR count). The lowest BCUT2D eigenvalue weighted by molar-refractivity contribution is -0.152. The maximum absolute atomic E-state index is 14.7. The van der Waals surface area contributed by atoms with E-state index in [1.54, 1.807) is 63.2 Å². The second-order valence-corrected chi connectivity index (χ2v) is 12.0. The van der Waals surface area contributed by atoms with Crippen LogP contribution in [0.3, 0.4) is 0 Å². The number of carbonyl (C=O) groups excluding carboxylic acids is 3. The van der Waals surface area contributed by atoms with Crippen molar-refractivity contribution in [3.05, 3.63) is 92.7 Å². The summed E-state index contributed by atoms with van der Waals surface area (Å²) in [4.78, 5) is 40.0. The summed E-state index contributed by atoms with van der Waals surface area (Å²) in [5, 5.41) is 6.75. The summed E-state index contributed by atoms with van der Waals surface area (Å²) in [6.07, 6.45) is -0.0859. The highest BCUT2D eigenvalue weighted by molar-refractivity contribution is 6.31. The number of rotatable bonds is 6. The van der Waals surface area contributed by atoms with E-state index in [4.69, 9.17) is 32.7 Å². The first-order valence-corrected chi connectivity index (χ1v) is 13.8. The van der Waals surface area contributed by atoms with Crippen LogP contribution in [-0.4, -0.2) is 31.5 Å². The van der Waals surface area contributed by atoms with Crippen molar-refractivity contribution < 1.29 is 28.2 Å². The first-order chi connectivity index (χ1) is 19.4. The van der Waals surface area contributed by atoms with Crippen LogP contribution in [-0.2, 0) is 24.5 Å². The number of amides is 2. The van der Waals surface area contributed by atoms with E-state index >= 15 is 0 Å². The van der Waals surface area contributed by atoms with E-state index < -0.39 is 34.6 Å². The van der Waals surface area contributed by atoms with Crippen LogP contribution < -0.4 is 15.4 Å². The molecule has 10 heteroatoms. The summed E-state index contributed by atoms with van der Waals surface area (Å²) in [6.45, 7) is 5.15. The number of piperidine rings is 1. The number of methoxy groups -OCH3 is 1. The molecular formula is C31H29Cl2FN2O5. The van der Waals surface area contributed by atoms with E-state index in [2.05, 4.69) is 10.6 Å². The van der Waals surface area contributed by atoms with E-state index in [0.29, 0.717) is 43.7 Å². The number of hydrogen-bond donors (Lipinski definition) is 2. The molecular weight excluding hydrogens is 570 g/mol. The summed E-state index contributed by atoms with van der Waals surface area (Å²) in [6, 6.07) is 13.4. The minimum Gasteiger partial charge on any atom is -0.492 e. The van der Waals surface area contributed by atoms with Crippen molar-refractivity contribution in [1.82, 2.24) is 5.32 Å². The molecule has 0 radical (unpaired) electrons. The van der Waals surface area contributed by atoms with E-state index in [-0.39, 0.29) is 24.8 Å². The standard InChI is InChI=1S/C31H29Cl2FN2O5/c1-16-5-8-19(34)13-20(16)27-31(22-9-6-18(33)12-24(22)35-28(31)38)23(14-26(37)36-27)21-11-17(32)7-10-25(21)41-15-30(2,3)29(39)40-4/h5-13,23,27H,14-15H2,1-4H3,(H,35,38)(H,36,37)/t23-,27+,31-/m0/s1. The van der Waals surface area contributed by atoms with Crippen LogP contribution in [0.15, 0.2) is 54.6 Å². The molecule has 2 amide bonds. The lowest BCUT2D eigenvalue weighted by atomic mass is 9.59. The third-order valence-corrected chi connectivity index (χ3v) is 8.45. The van der Waals surface area contributed by atoms with Crippen LogP contribution in [0.4, 0.5) is 10.1 Å². The van der Waals surface area contributed by atoms with E-state index in [9.17, 15) is 18.8 Å². The Labute approximate surface area is 247 Å². The molecule has 1 fully saturated rings. The van der Waals surface area contributed by atoms with Gasteiger partial charge in [0.25, 0.3) is 0 Å². The number of fused-ring (bicyclic) bond motifs is 2. The third-order valence-electron chi connectivity index (χ3n) is 7.98. The molecule has 2 aliphatic heterocycles. The fourth-order valence-electron chi connectivity index (χ4n) is 5.96. The molecule has 2 N–H and O–H groups in total. The van der Waals surface area contributed by atoms with Gasteiger partial charge in [-0.25, -0.2) is 4.39 Å². The minimum atomic E-state index is -1.42. The Morgan fingerprint density at radius 1 is 1.05 bits per heavy atom. The zero-order valence-electron chi connectivity index (χ0n) is 22.9. The average molecular weight is 599 g/mol. The summed E-state index contributed by atoms with van der Waals surface area (Å²) in [5.41, 5.74) is 0.373. The minimum absolute atomic E-state index is 0.0367. The van der Waals surface area contributed by atoms with Gasteiger partial charge in [0.1, 0.15) is 23.6 Å². The number of halogens is 3. The quantitative estimate of drug-likeness (QED) is 0.327. The monoisotopic (exact) mass is 598 g/mol. The molecule has 0 unspecified atom stereocenters. The third kappa shape index (κ3) is 4.93. The molecule has 0 aliphatic carbocycles. The summed E-state index contributed by atoms with van der Waals surface area (Å²) >= 11 is 12.8. The number of nitrogens with one attached hydrogen (secondary N) is 2. The van der Waals surface area contributed by atoms with Gasteiger partial charge in [0.2, 0.25) is 11.8 Å². The fraction of sp³-hybridized carbons (Fsp3) is 0.323. The van der Waals surface area contributed by atoms with Crippen molar-refractivity contribution in [2.45, 2.75) is 44.6 Å². The van der Waals surface area contributed by atoms with Crippen LogP contribution in [0.1, 0.15) is 54.5 Å². The van der Waals surface area contributed by atoms with Gasteiger partial charge in [0.15, 0.2) is 0 Å². The van der Waals surface area contributed by atoms with Crippen molar-refractivity contribution >= 4 is 46.7 Å². The van der Waals surface area contributed by atoms with Crippen molar-refractivity contribution in [3.63, 3.8) is 0 Å². The van der Waals surface area contributed by atoms with Crippen molar-refractivity contribution in [1.29, 1.82) is 0 Å². The van der Waals surface area contributed by atoms with E-state index in [1.807, 2.05) is 0 Å². The van der Waals surface area contributed by atoms with Gasteiger partial charge < -0.3 is 20.1 Å². The van der Waals surface area contributed by atoms with Crippen molar-refractivity contribution in [3.8, 4) is 5.75 Å². The van der Waals surface area contributed by atoms with Gasteiger partial charge in [-0.15, -0.1) is 0 Å². The van der Waals surface area contributed by atoms with Gasteiger partial charge in [0, 0.05) is 33.6 Å². The number of carbonyl (C=O) groups is 3. The Kier molecular flexibility index (Phi) is 7.51. The lowest BCUT2D eigenvalue weighted by Gasteiger charge is -2.47. The predicted octanol–water partition coefficient (Wildman–Crippen LogP) is 6.25. The molecule has 3 aromatic carbocycles. The molecule has 0 aromatic heterocycles. The van der Waals surface area contributed by atoms with Gasteiger partial charge in [0.05, 0.1) is 18.6 Å². The van der Waals surface area contributed by atoms with Crippen LogP contribution in [0.25, 0.3) is 0 Å². The summed E-state index contributed by atoms with van der Waals surface area (Å²) < 4.78 is 25.8. The summed E-state index contributed by atoms with van der Waals surface area (Å²) in [5.74, 6) is -2.09. The Balaban J connectivity index is 1.75. The average Bonchev–Trinajstić information content (AvgIpc) is 3.20. The van der Waals surface area contributed by atoms with E-state index in [1.165, 1.54) is 19.2 Å². The van der Waals surface area contributed by atoms with Crippen molar-refractivity contribution in [2.24, 2.45) is 5.41 Å². The number of benzene rings is 3. The Morgan fingerprint density at radius 3 is 2.49 bits per heavy atom. The first-order valence-electron chi connectivity index (χ1n) is 13.1. The second-order valence-electron chi connectivity index (χ2n) is 11.1. The number of anilines is 1. The lowest BCUT2D eigenvalue weighted by Crippen LogP contribution is -2.57. The number of aryl methyl sites for hydroxylation is 1. The van der Waals surface area contributed by atoms with Crippen LogP contribution in [0.2, 0.25) is 10.0 Å². The summed E-state index contributed by atoms with van der Waals surface area (Å²) in [7, 11) is 1.30. The molecule has 3 atom stereocenters. The highest BCUT2D eigenvalue weighted by Gasteiger charge is 2.62. The SMILES string of the molecule is COC(=O)C(C)(C)COc1ccc(Cl)cc1[C@@H]1CC(=O)N[C@H](c2cc(F)ccc2C)[C@@]12C(=O)Nc1cc(Cl)ccc12. The highest BCUT2D eigenvalue weighted by Crippen LogP contribution is 2.59.